The zero-order valence-corrected chi connectivity index (χ0v) is 15.9. The van der Waals surface area contributed by atoms with Crippen LogP contribution in [0.1, 0.15) is 29.1 Å². The van der Waals surface area contributed by atoms with Crippen LogP contribution in [0.15, 0.2) is 35.1 Å². The van der Waals surface area contributed by atoms with Crippen molar-refractivity contribution < 1.29 is 9.59 Å². The van der Waals surface area contributed by atoms with Crippen LogP contribution in [-0.4, -0.2) is 21.2 Å². The molecule has 0 atom stereocenters. The summed E-state index contributed by atoms with van der Waals surface area (Å²) in [4.78, 5) is 41.2. The van der Waals surface area contributed by atoms with E-state index in [0.717, 1.165) is 16.1 Å². The van der Waals surface area contributed by atoms with Crippen molar-refractivity contribution in [1.29, 1.82) is 0 Å². The molecule has 0 bridgehead atoms. The van der Waals surface area contributed by atoms with Crippen LogP contribution in [0.2, 0.25) is 0 Å². The summed E-state index contributed by atoms with van der Waals surface area (Å²) < 4.78 is 1.52. The van der Waals surface area contributed by atoms with Crippen LogP contribution in [0.25, 0.3) is 10.2 Å². The zero-order chi connectivity index (χ0) is 18.8. The first-order valence-electron chi connectivity index (χ1n) is 8.05. The topological polar surface area (TPSA) is 84.0 Å². The number of fused-ring (bicyclic) bond motifs is 1. The molecule has 3 aromatic rings. The number of hydrogen-bond acceptors (Lipinski definition) is 5. The van der Waals surface area contributed by atoms with Gasteiger partial charge in [0.05, 0.1) is 11.9 Å². The third-order valence-electron chi connectivity index (χ3n) is 3.90. The molecule has 1 amide bonds. The Bertz CT molecular complexity index is 1110. The van der Waals surface area contributed by atoms with Crippen LogP contribution in [0.4, 0.5) is 5.69 Å². The van der Waals surface area contributed by atoms with E-state index in [9.17, 15) is 14.4 Å². The first-order chi connectivity index (χ1) is 12.4. The van der Waals surface area contributed by atoms with Gasteiger partial charge in [-0.2, -0.15) is 0 Å². The van der Waals surface area contributed by atoms with Gasteiger partial charge in [-0.15, -0.1) is 11.3 Å². The van der Waals surface area contributed by atoms with E-state index in [4.69, 9.17) is 12.2 Å². The highest BCUT2D eigenvalue weighted by molar-refractivity contribution is 7.71. The van der Waals surface area contributed by atoms with Gasteiger partial charge in [-0.3, -0.25) is 19.0 Å². The summed E-state index contributed by atoms with van der Waals surface area (Å²) in [6, 6.07) is 8.37. The van der Waals surface area contributed by atoms with Crippen molar-refractivity contribution in [1.82, 2.24) is 9.55 Å². The lowest BCUT2D eigenvalue weighted by atomic mass is 10.1. The van der Waals surface area contributed by atoms with Crippen LogP contribution in [0.3, 0.4) is 0 Å². The fourth-order valence-corrected chi connectivity index (χ4v) is 3.89. The van der Waals surface area contributed by atoms with E-state index in [1.807, 2.05) is 13.0 Å². The van der Waals surface area contributed by atoms with Gasteiger partial charge in [0.25, 0.3) is 5.56 Å². The van der Waals surface area contributed by atoms with Gasteiger partial charge in [-0.1, -0.05) is 6.92 Å². The van der Waals surface area contributed by atoms with Crippen molar-refractivity contribution in [2.75, 3.05) is 5.32 Å². The average Bonchev–Trinajstić information content (AvgIpc) is 3.01. The maximum atomic E-state index is 12.7. The summed E-state index contributed by atoms with van der Waals surface area (Å²) in [6.07, 6.45) is 0.832. The lowest BCUT2D eigenvalue weighted by Crippen LogP contribution is -2.25. The molecule has 2 heterocycles. The predicted molar refractivity (Wildman–Crippen MR) is 106 cm³/mol. The number of benzene rings is 1. The minimum absolute atomic E-state index is 0.138. The number of ketones is 1. The summed E-state index contributed by atoms with van der Waals surface area (Å²) in [5.74, 6) is -0.413. The SMILES string of the molecule is CCc1cc2c(=O)n(CC(=O)c3ccc(NC(C)=O)cc3)c(=S)[nH]c2s1. The molecule has 1 aromatic carbocycles. The molecular formula is C18H17N3O3S2. The predicted octanol–water partition coefficient (Wildman–Crippen LogP) is 3.52. The van der Waals surface area contributed by atoms with Crippen molar-refractivity contribution in [3.05, 3.63) is 55.9 Å². The van der Waals surface area contributed by atoms with Crippen molar-refractivity contribution >= 4 is 51.1 Å². The molecule has 0 aliphatic carbocycles. The normalized spacial score (nSPS) is 10.8. The molecule has 26 heavy (non-hydrogen) atoms. The minimum Gasteiger partial charge on any atom is -0.326 e. The number of nitrogens with zero attached hydrogens (tertiary/aromatic N) is 1. The first-order valence-corrected chi connectivity index (χ1v) is 9.28. The molecule has 0 aliphatic heterocycles. The number of thiophene rings is 1. The zero-order valence-electron chi connectivity index (χ0n) is 14.3. The van der Waals surface area contributed by atoms with Gasteiger partial charge in [0.2, 0.25) is 5.91 Å². The Morgan fingerprint density at radius 2 is 1.96 bits per heavy atom. The number of hydrogen-bond donors (Lipinski definition) is 2. The number of Topliss-reactive ketones (excluding diaryl/α,β-unsaturated/α-hetero) is 1. The van der Waals surface area contributed by atoms with Gasteiger partial charge in [0.1, 0.15) is 4.83 Å². The molecule has 0 saturated heterocycles. The van der Waals surface area contributed by atoms with E-state index in [0.29, 0.717) is 16.6 Å². The van der Waals surface area contributed by atoms with Gasteiger partial charge in [-0.05, 0) is 49.0 Å². The minimum atomic E-state index is -0.261. The highest BCUT2D eigenvalue weighted by Crippen LogP contribution is 2.21. The second kappa shape index (κ2) is 7.35. The van der Waals surface area contributed by atoms with Crippen molar-refractivity contribution in [3.63, 3.8) is 0 Å². The molecule has 0 radical (unpaired) electrons. The molecule has 0 spiro atoms. The Balaban J connectivity index is 1.90. The largest absolute Gasteiger partial charge is 0.326 e. The summed E-state index contributed by atoms with van der Waals surface area (Å²) in [6.45, 7) is 3.30. The molecule has 3 rings (SSSR count). The van der Waals surface area contributed by atoms with Gasteiger partial charge in [0, 0.05) is 23.1 Å². The Morgan fingerprint density at radius 1 is 1.27 bits per heavy atom. The number of carbonyl (C=O) groups is 2. The second-order valence-electron chi connectivity index (χ2n) is 5.81. The maximum absolute atomic E-state index is 12.7. The summed E-state index contributed by atoms with van der Waals surface area (Å²) >= 11 is 6.76. The Morgan fingerprint density at radius 3 is 2.58 bits per heavy atom. The fraction of sp³-hybridized carbons (Fsp3) is 0.222. The van der Waals surface area contributed by atoms with Gasteiger partial charge < -0.3 is 10.3 Å². The van der Waals surface area contributed by atoms with Gasteiger partial charge >= 0.3 is 0 Å². The number of amides is 1. The average molecular weight is 387 g/mol. The number of aryl methyl sites for hydroxylation is 1. The van der Waals surface area contributed by atoms with Crippen LogP contribution in [0.5, 0.6) is 0 Å². The third-order valence-corrected chi connectivity index (χ3v) is 5.42. The van der Waals surface area contributed by atoms with Crippen LogP contribution < -0.4 is 10.9 Å². The Labute approximate surface area is 158 Å². The van der Waals surface area contributed by atoms with Crippen LogP contribution in [-0.2, 0) is 17.8 Å². The third kappa shape index (κ3) is 3.66. The number of carbonyl (C=O) groups excluding carboxylic acids is 2. The van der Waals surface area contributed by atoms with Crippen LogP contribution >= 0.6 is 23.6 Å². The van der Waals surface area contributed by atoms with Crippen LogP contribution in [0, 0.1) is 4.77 Å². The smallest absolute Gasteiger partial charge is 0.263 e. The van der Waals surface area contributed by atoms with E-state index in [2.05, 4.69) is 10.3 Å². The van der Waals surface area contributed by atoms with E-state index in [-0.39, 0.29) is 28.6 Å². The standard InChI is InChI=1S/C18H17N3O3S2/c1-3-13-8-14-16(26-13)20-18(25)21(17(14)24)9-15(23)11-4-6-12(7-5-11)19-10(2)22/h4-8H,3,9H2,1-2H3,(H,19,22)(H,20,25). The highest BCUT2D eigenvalue weighted by atomic mass is 32.1. The molecule has 0 aliphatic rings. The number of aromatic amines is 1. The van der Waals surface area contributed by atoms with Crippen molar-refractivity contribution in [3.8, 4) is 0 Å². The molecule has 2 aromatic heterocycles. The van der Waals surface area contributed by atoms with E-state index >= 15 is 0 Å². The van der Waals surface area contributed by atoms with Gasteiger partial charge in [-0.25, -0.2) is 0 Å². The van der Waals surface area contributed by atoms with E-state index < -0.39 is 0 Å². The molecule has 0 unspecified atom stereocenters. The number of nitrogens with one attached hydrogen (secondary N) is 2. The molecule has 8 heteroatoms. The lowest BCUT2D eigenvalue weighted by Gasteiger charge is -2.07. The Hall–Kier alpha value is -2.58. The van der Waals surface area contributed by atoms with E-state index in [1.54, 1.807) is 24.3 Å². The maximum Gasteiger partial charge on any atom is 0.263 e. The quantitative estimate of drug-likeness (QED) is 0.518. The van der Waals surface area contributed by atoms with Crippen molar-refractivity contribution in [2.45, 2.75) is 26.8 Å². The second-order valence-corrected chi connectivity index (χ2v) is 7.34. The number of H-pyrrole nitrogens is 1. The number of aromatic nitrogens is 2. The summed E-state index contributed by atoms with van der Waals surface area (Å²) in [7, 11) is 0. The highest BCUT2D eigenvalue weighted by Gasteiger charge is 2.13. The molecular weight excluding hydrogens is 370 g/mol. The van der Waals surface area contributed by atoms with E-state index in [1.165, 1.54) is 22.8 Å². The Kier molecular flexibility index (Phi) is 5.15. The number of anilines is 1. The summed E-state index contributed by atoms with van der Waals surface area (Å²) in [5, 5.41) is 3.19. The summed E-state index contributed by atoms with van der Waals surface area (Å²) in [5.41, 5.74) is 0.790. The lowest BCUT2D eigenvalue weighted by molar-refractivity contribution is -0.114. The molecule has 0 saturated carbocycles. The number of rotatable bonds is 5. The molecule has 134 valence electrons. The van der Waals surface area contributed by atoms with Crippen molar-refractivity contribution in [2.24, 2.45) is 0 Å². The monoisotopic (exact) mass is 387 g/mol. The van der Waals surface area contributed by atoms with Gasteiger partial charge in [0.15, 0.2) is 10.6 Å². The molecule has 2 N–H and O–H groups in total. The first kappa shape index (κ1) is 18.2. The molecule has 0 fully saturated rings. The fourth-order valence-electron chi connectivity index (χ4n) is 2.59. The molecule has 6 nitrogen and oxygen atoms in total.